The molecule has 16 heavy (non-hydrogen) atoms. The first-order valence-corrected chi connectivity index (χ1v) is 7.09. The van der Waals surface area contributed by atoms with Gasteiger partial charge in [0.2, 0.25) is 0 Å². The lowest BCUT2D eigenvalue weighted by molar-refractivity contribution is 0.127. The van der Waals surface area contributed by atoms with Gasteiger partial charge in [0.25, 0.3) is 0 Å². The lowest BCUT2D eigenvalue weighted by atomic mass is 9.94. The smallest absolute Gasteiger partial charge is 0.104 e. The van der Waals surface area contributed by atoms with Crippen LogP contribution in [0.4, 0.5) is 0 Å². The Hall–Kier alpha value is -0.240. The number of hydrogen-bond acceptors (Lipinski definition) is 4. The largest absolute Gasteiger partial charge is 0.377 e. The van der Waals surface area contributed by atoms with Gasteiger partial charge in [0.15, 0.2) is 0 Å². The second-order valence-corrected chi connectivity index (χ2v) is 5.85. The fraction of sp³-hybridized carbons (Fsp3) is 0.917. The molecule has 3 nitrogen and oxygen atoms in total. The Morgan fingerprint density at radius 3 is 2.88 bits per heavy atom. The number of nitrogens with zero attached hydrogens (tertiary/aromatic N) is 1. The molecule has 1 fully saturated rings. The van der Waals surface area contributed by atoms with Crippen LogP contribution in [0.2, 0.25) is 0 Å². The van der Waals surface area contributed by atoms with E-state index >= 15 is 0 Å². The van der Waals surface area contributed by atoms with Gasteiger partial charge in [-0.2, -0.15) is 17.0 Å². The Labute approximate surface area is 103 Å². The predicted octanol–water partition coefficient (Wildman–Crippen LogP) is 2.31. The molecule has 1 aliphatic heterocycles. The van der Waals surface area contributed by atoms with E-state index in [-0.39, 0.29) is 0 Å². The molecule has 1 aliphatic rings. The summed E-state index contributed by atoms with van der Waals surface area (Å²) in [6, 6.07) is 2.21. The minimum atomic E-state index is -0.613. The second-order valence-electron chi connectivity index (χ2n) is 4.50. The van der Waals surface area contributed by atoms with Gasteiger partial charge in [0.1, 0.15) is 5.54 Å². The van der Waals surface area contributed by atoms with E-state index in [4.69, 9.17) is 15.7 Å². The molecule has 0 aromatic carbocycles. The quantitative estimate of drug-likeness (QED) is 0.726. The number of hydrogen-bond donors (Lipinski definition) is 1. The fourth-order valence-corrected chi connectivity index (χ4v) is 3.09. The van der Waals surface area contributed by atoms with Crippen molar-refractivity contribution in [1.82, 2.24) is 0 Å². The average Bonchev–Trinajstić information content (AvgIpc) is 2.70. The molecule has 0 aliphatic carbocycles. The van der Waals surface area contributed by atoms with Crippen molar-refractivity contribution in [2.45, 2.75) is 56.4 Å². The molecule has 3 atom stereocenters. The molecule has 1 rings (SSSR count). The van der Waals surface area contributed by atoms with Crippen LogP contribution in [-0.4, -0.2) is 29.3 Å². The highest BCUT2D eigenvalue weighted by Crippen LogP contribution is 2.27. The molecule has 0 radical (unpaired) electrons. The van der Waals surface area contributed by atoms with Crippen LogP contribution in [0.25, 0.3) is 0 Å². The first-order chi connectivity index (χ1) is 7.61. The minimum absolute atomic E-state index is 0.384. The van der Waals surface area contributed by atoms with Gasteiger partial charge in [-0.3, -0.25) is 0 Å². The van der Waals surface area contributed by atoms with Crippen molar-refractivity contribution >= 4 is 11.8 Å². The van der Waals surface area contributed by atoms with Crippen LogP contribution < -0.4 is 5.73 Å². The maximum Gasteiger partial charge on any atom is 0.104 e. The summed E-state index contributed by atoms with van der Waals surface area (Å²) in [6.45, 7) is 5.01. The molecule has 4 heteroatoms. The number of nitrogens with two attached hydrogens (primary N) is 1. The molecule has 0 spiro atoms. The van der Waals surface area contributed by atoms with Gasteiger partial charge in [0, 0.05) is 11.9 Å². The molecule has 92 valence electrons. The van der Waals surface area contributed by atoms with Crippen LogP contribution in [0.15, 0.2) is 0 Å². The standard InChI is InChI=1S/C12H22N2OS/c1-3-12(14,9-13)6-4-8-16-11-5-7-15-10(11)2/h10-11H,3-8,14H2,1-2H3. The lowest BCUT2D eigenvalue weighted by Gasteiger charge is -2.19. The van der Waals surface area contributed by atoms with Crippen molar-refractivity contribution in [2.24, 2.45) is 5.73 Å². The zero-order valence-electron chi connectivity index (χ0n) is 10.2. The molecule has 0 bridgehead atoms. The van der Waals surface area contributed by atoms with Crippen molar-refractivity contribution in [2.75, 3.05) is 12.4 Å². The topological polar surface area (TPSA) is 59.0 Å². The molecular weight excluding hydrogens is 220 g/mol. The Balaban J connectivity index is 2.14. The number of ether oxygens (including phenoxy) is 1. The van der Waals surface area contributed by atoms with E-state index in [9.17, 15) is 0 Å². The Morgan fingerprint density at radius 2 is 2.38 bits per heavy atom. The normalized spacial score (nSPS) is 28.6. The summed E-state index contributed by atoms with van der Waals surface area (Å²) < 4.78 is 5.51. The van der Waals surface area contributed by atoms with Gasteiger partial charge in [0.05, 0.1) is 12.2 Å². The fourth-order valence-electron chi connectivity index (χ4n) is 1.87. The van der Waals surface area contributed by atoms with Crippen molar-refractivity contribution in [3.8, 4) is 6.07 Å². The maximum atomic E-state index is 8.94. The molecule has 0 aromatic heterocycles. The summed E-state index contributed by atoms with van der Waals surface area (Å²) in [4.78, 5) is 0. The summed E-state index contributed by atoms with van der Waals surface area (Å²) in [7, 11) is 0. The van der Waals surface area contributed by atoms with E-state index in [0.717, 1.165) is 38.0 Å². The summed E-state index contributed by atoms with van der Waals surface area (Å²) >= 11 is 1.96. The van der Waals surface area contributed by atoms with Gasteiger partial charge in [-0.05, 0) is 38.4 Å². The second kappa shape index (κ2) is 6.48. The summed E-state index contributed by atoms with van der Waals surface area (Å²) in [5.74, 6) is 1.08. The van der Waals surface area contributed by atoms with Crippen LogP contribution in [0.3, 0.4) is 0 Å². The van der Waals surface area contributed by atoms with E-state index in [1.165, 1.54) is 0 Å². The highest BCUT2D eigenvalue weighted by molar-refractivity contribution is 7.99. The minimum Gasteiger partial charge on any atom is -0.377 e. The van der Waals surface area contributed by atoms with E-state index < -0.39 is 5.54 Å². The van der Waals surface area contributed by atoms with Crippen molar-refractivity contribution in [1.29, 1.82) is 5.26 Å². The first-order valence-electron chi connectivity index (χ1n) is 6.04. The van der Waals surface area contributed by atoms with Gasteiger partial charge in [-0.1, -0.05) is 6.92 Å². The summed E-state index contributed by atoms with van der Waals surface area (Å²) in [5.41, 5.74) is 5.31. The van der Waals surface area contributed by atoms with Crippen LogP contribution >= 0.6 is 11.8 Å². The van der Waals surface area contributed by atoms with E-state index in [1.54, 1.807) is 0 Å². The number of thioether (sulfide) groups is 1. The molecule has 3 unspecified atom stereocenters. The first kappa shape index (κ1) is 13.8. The average molecular weight is 242 g/mol. The van der Waals surface area contributed by atoms with Crippen LogP contribution in [0, 0.1) is 11.3 Å². The van der Waals surface area contributed by atoms with Gasteiger partial charge in [-0.25, -0.2) is 0 Å². The molecule has 0 saturated carbocycles. The van der Waals surface area contributed by atoms with E-state index in [1.807, 2.05) is 18.7 Å². The van der Waals surface area contributed by atoms with Crippen molar-refractivity contribution < 1.29 is 4.74 Å². The van der Waals surface area contributed by atoms with Gasteiger partial charge < -0.3 is 10.5 Å². The molecule has 1 heterocycles. The molecule has 0 amide bonds. The number of nitriles is 1. The molecular formula is C12H22N2OS. The zero-order chi connectivity index (χ0) is 12.0. The van der Waals surface area contributed by atoms with E-state index in [0.29, 0.717) is 11.4 Å². The Bertz CT molecular complexity index is 254. The zero-order valence-corrected chi connectivity index (χ0v) is 11.1. The third-order valence-electron chi connectivity index (χ3n) is 3.26. The molecule has 2 N–H and O–H groups in total. The highest BCUT2D eigenvalue weighted by Gasteiger charge is 2.25. The maximum absolute atomic E-state index is 8.94. The molecule has 1 saturated heterocycles. The van der Waals surface area contributed by atoms with Crippen LogP contribution in [0.5, 0.6) is 0 Å². The van der Waals surface area contributed by atoms with E-state index in [2.05, 4.69) is 13.0 Å². The third-order valence-corrected chi connectivity index (χ3v) is 4.83. The SMILES string of the molecule is CCC(N)(C#N)CCCSC1CCOC1C. The van der Waals surface area contributed by atoms with Crippen molar-refractivity contribution in [3.63, 3.8) is 0 Å². The number of rotatable bonds is 6. The van der Waals surface area contributed by atoms with Crippen LogP contribution in [0.1, 0.15) is 39.5 Å². The van der Waals surface area contributed by atoms with Gasteiger partial charge in [-0.15, -0.1) is 0 Å². The van der Waals surface area contributed by atoms with Crippen LogP contribution in [-0.2, 0) is 4.74 Å². The monoisotopic (exact) mass is 242 g/mol. The lowest BCUT2D eigenvalue weighted by Crippen LogP contribution is -2.37. The van der Waals surface area contributed by atoms with Gasteiger partial charge >= 0.3 is 0 Å². The molecule has 0 aromatic rings. The Kier molecular flexibility index (Phi) is 5.60. The highest BCUT2D eigenvalue weighted by atomic mass is 32.2. The third kappa shape index (κ3) is 3.97. The van der Waals surface area contributed by atoms with Crippen molar-refractivity contribution in [3.05, 3.63) is 0 Å². The predicted molar refractivity (Wildman–Crippen MR) is 68.3 cm³/mol. The summed E-state index contributed by atoms with van der Waals surface area (Å²) in [6.07, 6.45) is 4.10. The Morgan fingerprint density at radius 1 is 1.62 bits per heavy atom. The summed E-state index contributed by atoms with van der Waals surface area (Å²) in [5, 5.41) is 9.57.